The van der Waals surface area contributed by atoms with Crippen molar-refractivity contribution in [3.05, 3.63) is 35.6 Å². The number of fused-ring (bicyclic) bond motifs is 1. The highest BCUT2D eigenvalue weighted by Gasteiger charge is 2.42. The number of amides is 2. The lowest BCUT2D eigenvalue weighted by atomic mass is 9.99. The van der Waals surface area contributed by atoms with Gasteiger partial charge >= 0.3 is 0 Å². The number of carbonyl (C=O) groups excluding carboxylic acids is 2. The number of hydrogen-bond donors (Lipinski definition) is 0. The number of piperidine rings is 1. The average molecular weight is 344 g/mol. The summed E-state index contributed by atoms with van der Waals surface area (Å²) in [5, 5.41) is 0. The van der Waals surface area contributed by atoms with Crippen LogP contribution in [0.3, 0.4) is 0 Å². The molecule has 3 atom stereocenters. The van der Waals surface area contributed by atoms with Crippen molar-refractivity contribution in [1.29, 1.82) is 0 Å². The minimum absolute atomic E-state index is 0.0355. The Hall–Kier alpha value is -1.91. The minimum atomic E-state index is -0.356. The van der Waals surface area contributed by atoms with Crippen molar-refractivity contribution in [3.8, 4) is 0 Å². The molecule has 5 heteroatoms. The fourth-order valence-electron chi connectivity index (χ4n) is 4.79. The van der Waals surface area contributed by atoms with Gasteiger partial charge in [-0.1, -0.05) is 18.6 Å². The summed E-state index contributed by atoms with van der Waals surface area (Å²) >= 11 is 0. The van der Waals surface area contributed by atoms with Gasteiger partial charge in [0.2, 0.25) is 11.8 Å². The SMILES string of the molecule is O=C(C1CCCC(=O)N1Cc1ccc(F)cc1)N1CC2CCCC2C1. The summed E-state index contributed by atoms with van der Waals surface area (Å²) in [6, 6.07) is 5.84. The fourth-order valence-corrected chi connectivity index (χ4v) is 4.79. The first-order valence-corrected chi connectivity index (χ1v) is 9.44. The van der Waals surface area contributed by atoms with E-state index in [0.29, 0.717) is 24.8 Å². The van der Waals surface area contributed by atoms with Crippen molar-refractivity contribution < 1.29 is 14.0 Å². The van der Waals surface area contributed by atoms with Gasteiger partial charge in [-0.3, -0.25) is 9.59 Å². The quantitative estimate of drug-likeness (QED) is 0.846. The Balaban J connectivity index is 1.48. The highest BCUT2D eigenvalue weighted by Crippen LogP contribution is 2.38. The Bertz CT molecular complexity index is 648. The van der Waals surface area contributed by atoms with Gasteiger partial charge in [-0.05, 0) is 55.2 Å². The molecule has 0 radical (unpaired) electrons. The van der Waals surface area contributed by atoms with E-state index in [1.165, 1.54) is 31.4 Å². The summed E-state index contributed by atoms with van der Waals surface area (Å²) in [6.07, 6.45) is 5.76. The molecule has 4 nitrogen and oxygen atoms in total. The van der Waals surface area contributed by atoms with E-state index in [0.717, 1.165) is 31.5 Å². The summed E-state index contributed by atoms with van der Waals surface area (Å²) in [6.45, 7) is 2.10. The van der Waals surface area contributed by atoms with Crippen LogP contribution in [0.4, 0.5) is 4.39 Å². The first kappa shape index (κ1) is 16.6. The molecular formula is C20H25FN2O2. The van der Waals surface area contributed by atoms with E-state index in [9.17, 15) is 14.0 Å². The Labute approximate surface area is 148 Å². The number of hydrogen-bond acceptors (Lipinski definition) is 2. The lowest BCUT2D eigenvalue weighted by Gasteiger charge is -2.37. The van der Waals surface area contributed by atoms with Crippen molar-refractivity contribution in [2.45, 2.75) is 51.1 Å². The minimum Gasteiger partial charge on any atom is -0.340 e. The molecule has 0 N–H and O–H groups in total. The third-order valence-corrected chi connectivity index (χ3v) is 6.15. The third kappa shape index (κ3) is 3.29. The van der Waals surface area contributed by atoms with Gasteiger partial charge in [-0.15, -0.1) is 0 Å². The van der Waals surface area contributed by atoms with Crippen LogP contribution in [0.2, 0.25) is 0 Å². The van der Waals surface area contributed by atoms with Gasteiger partial charge in [0.15, 0.2) is 0 Å². The average Bonchev–Trinajstić information content (AvgIpc) is 3.20. The molecule has 1 aromatic rings. The predicted molar refractivity (Wildman–Crippen MR) is 92.0 cm³/mol. The Morgan fingerprint density at radius 2 is 1.72 bits per heavy atom. The molecule has 0 spiro atoms. The van der Waals surface area contributed by atoms with E-state index in [4.69, 9.17) is 0 Å². The molecule has 3 unspecified atom stereocenters. The zero-order valence-electron chi connectivity index (χ0n) is 14.5. The molecule has 1 aromatic carbocycles. The van der Waals surface area contributed by atoms with Gasteiger partial charge in [-0.25, -0.2) is 4.39 Å². The van der Waals surface area contributed by atoms with Crippen molar-refractivity contribution in [2.24, 2.45) is 11.8 Å². The highest BCUT2D eigenvalue weighted by molar-refractivity contribution is 5.89. The summed E-state index contributed by atoms with van der Waals surface area (Å²) in [5.74, 6) is 1.19. The molecule has 1 saturated carbocycles. The lowest BCUT2D eigenvalue weighted by molar-refractivity contribution is -0.149. The van der Waals surface area contributed by atoms with E-state index in [-0.39, 0.29) is 23.7 Å². The van der Waals surface area contributed by atoms with Crippen molar-refractivity contribution >= 4 is 11.8 Å². The molecule has 3 aliphatic rings. The van der Waals surface area contributed by atoms with Gasteiger partial charge in [0, 0.05) is 26.1 Å². The first-order valence-electron chi connectivity index (χ1n) is 9.44. The topological polar surface area (TPSA) is 40.6 Å². The van der Waals surface area contributed by atoms with Crippen LogP contribution in [-0.2, 0) is 16.1 Å². The van der Waals surface area contributed by atoms with Crippen LogP contribution in [0.5, 0.6) is 0 Å². The molecule has 0 bridgehead atoms. The Morgan fingerprint density at radius 3 is 2.40 bits per heavy atom. The van der Waals surface area contributed by atoms with Gasteiger partial charge in [0.1, 0.15) is 11.9 Å². The fraction of sp³-hybridized carbons (Fsp3) is 0.600. The maximum Gasteiger partial charge on any atom is 0.245 e. The number of nitrogens with zero attached hydrogens (tertiary/aromatic N) is 2. The zero-order valence-corrected chi connectivity index (χ0v) is 14.5. The summed E-state index contributed by atoms with van der Waals surface area (Å²) < 4.78 is 13.1. The third-order valence-electron chi connectivity index (χ3n) is 6.15. The molecule has 2 heterocycles. The molecule has 1 aliphatic carbocycles. The van der Waals surface area contributed by atoms with Gasteiger partial charge in [-0.2, -0.15) is 0 Å². The summed E-state index contributed by atoms with van der Waals surface area (Å²) in [7, 11) is 0. The smallest absolute Gasteiger partial charge is 0.245 e. The highest BCUT2D eigenvalue weighted by atomic mass is 19.1. The molecule has 4 rings (SSSR count). The van der Waals surface area contributed by atoms with Crippen molar-refractivity contribution in [1.82, 2.24) is 9.80 Å². The summed E-state index contributed by atoms with van der Waals surface area (Å²) in [5.41, 5.74) is 0.868. The van der Waals surface area contributed by atoms with E-state index in [1.807, 2.05) is 4.90 Å². The molecule has 3 fully saturated rings. The monoisotopic (exact) mass is 344 g/mol. The zero-order chi connectivity index (χ0) is 17.4. The van der Waals surface area contributed by atoms with Gasteiger partial charge in [0.25, 0.3) is 0 Å². The second-order valence-electron chi connectivity index (χ2n) is 7.75. The molecule has 2 amide bonds. The predicted octanol–water partition coefficient (Wildman–Crippen LogP) is 2.97. The van der Waals surface area contributed by atoms with Crippen LogP contribution >= 0.6 is 0 Å². The number of rotatable bonds is 3. The van der Waals surface area contributed by atoms with Crippen LogP contribution in [0.15, 0.2) is 24.3 Å². The van der Waals surface area contributed by atoms with E-state index in [2.05, 4.69) is 0 Å². The van der Waals surface area contributed by atoms with Crippen LogP contribution in [0.1, 0.15) is 44.1 Å². The number of carbonyl (C=O) groups is 2. The molecule has 2 saturated heterocycles. The van der Waals surface area contributed by atoms with Crippen molar-refractivity contribution in [3.63, 3.8) is 0 Å². The normalized spacial score (nSPS) is 29.2. The van der Waals surface area contributed by atoms with E-state index in [1.54, 1.807) is 17.0 Å². The standard InChI is InChI=1S/C20H25FN2O2/c21-17-9-7-14(8-10-17)11-23-18(5-2-6-19(23)24)20(25)22-12-15-3-1-4-16(15)13-22/h7-10,15-16,18H,1-6,11-13H2. The Morgan fingerprint density at radius 1 is 1.04 bits per heavy atom. The molecule has 134 valence electrons. The molecule has 2 aliphatic heterocycles. The lowest BCUT2D eigenvalue weighted by Crippen LogP contribution is -2.52. The van der Waals surface area contributed by atoms with Gasteiger partial charge < -0.3 is 9.80 Å². The maximum absolute atomic E-state index is 13.1. The molecule has 25 heavy (non-hydrogen) atoms. The number of likely N-dealkylation sites (tertiary alicyclic amines) is 2. The first-order chi connectivity index (χ1) is 12.1. The van der Waals surface area contributed by atoms with E-state index < -0.39 is 0 Å². The Kier molecular flexibility index (Phi) is 4.48. The van der Waals surface area contributed by atoms with Crippen LogP contribution in [0, 0.1) is 17.7 Å². The molecule has 0 aromatic heterocycles. The van der Waals surface area contributed by atoms with Gasteiger partial charge in [0.05, 0.1) is 0 Å². The summed E-state index contributed by atoms with van der Waals surface area (Å²) in [4.78, 5) is 29.3. The molecular weight excluding hydrogens is 319 g/mol. The van der Waals surface area contributed by atoms with Crippen LogP contribution in [-0.4, -0.2) is 40.7 Å². The number of halogens is 1. The largest absolute Gasteiger partial charge is 0.340 e. The van der Waals surface area contributed by atoms with Crippen LogP contribution in [0.25, 0.3) is 0 Å². The second-order valence-corrected chi connectivity index (χ2v) is 7.75. The number of benzene rings is 1. The second kappa shape index (κ2) is 6.77. The van der Waals surface area contributed by atoms with E-state index >= 15 is 0 Å². The van der Waals surface area contributed by atoms with Crippen LogP contribution < -0.4 is 0 Å². The van der Waals surface area contributed by atoms with Crippen molar-refractivity contribution in [2.75, 3.05) is 13.1 Å². The maximum atomic E-state index is 13.1.